The Balaban J connectivity index is 1.31. The van der Waals surface area contributed by atoms with E-state index < -0.39 is 0 Å². The van der Waals surface area contributed by atoms with Crippen molar-refractivity contribution in [2.45, 2.75) is 26.3 Å². The van der Waals surface area contributed by atoms with Gasteiger partial charge in [-0.2, -0.15) is 4.98 Å². The number of amides is 1. The van der Waals surface area contributed by atoms with Gasteiger partial charge in [0.1, 0.15) is 5.82 Å². The van der Waals surface area contributed by atoms with Crippen LogP contribution in [-0.2, 0) is 11.3 Å². The lowest BCUT2D eigenvalue weighted by atomic mass is 9.96. The Bertz CT molecular complexity index is 934. The predicted molar refractivity (Wildman–Crippen MR) is 118 cm³/mol. The van der Waals surface area contributed by atoms with Crippen molar-refractivity contribution in [2.75, 3.05) is 23.3 Å². The van der Waals surface area contributed by atoms with E-state index in [0.717, 1.165) is 37.4 Å². The molecule has 1 aliphatic rings. The minimum Gasteiger partial charge on any atom is -0.351 e. The largest absolute Gasteiger partial charge is 0.351 e. The van der Waals surface area contributed by atoms with E-state index in [1.807, 2.05) is 35.7 Å². The molecule has 1 saturated heterocycles. The topological polar surface area (TPSA) is 70.2 Å². The Morgan fingerprint density at radius 2 is 1.97 bits per heavy atom. The maximum Gasteiger partial charge on any atom is 0.227 e. The molecule has 1 fully saturated rings. The first-order valence-electron chi connectivity index (χ1n) is 9.89. The number of nitrogens with one attached hydrogen (secondary N) is 2. The number of benzene rings is 1. The highest BCUT2D eigenvalue weighted by Gasteiger charge is 2.26. The Labute approximate surface area is 175 Å². The molecule has 29 heavy (non-hydrogen) atoms. The molecule has 2 N–H and O–H groups in total. The summed E-state index contributed by atoms with van der Waals surface area (Å²) in [4.78, 5) is 24.9. The number of carbonyl (C=O) groups excluding carboxylic acids is 1. The minimum absolute atomic E-state index is 0.0556. The number of hydrogen-bond acceptors (Lipinski definition) is 6. The van der Waals surface area contributed by atoms with Crippen LogP contribution in [0.2, 0.25) is 0 Å². The molecule has 3 heterocycles. The summed E-state index contributed by atoms with van der Waals surface area (Å²) in [5.41, 5.74) is 2.22. The molecule has 0 bridgehead atoms. The first kappa shape index (κ1) is 19.4. The lowest BCUT2D eigenvalue weighted by Crippen LogP contribution is -2.41. The second-order valence-electron chi connectivity index (χ2n) is 7.29. The molecule has 0 spiro atoms. The number of aryl methyl sites for hydroxylation is 1. The van der Waals surface area contributed by atoms with E-state index in [2.05, 4.69) is 44.6 Å². The SMILES string of the molecule is Cc1ccc(Nc2ccnc(N3CCC(C(=O)NCc4cccs4)CC3)n2)cc1. The summed E-state index contributed by atoms with van der Waals surface area (Å²) in [7, 11) is 0. The van der Waals surface area contributed by atoms with Crippen molar-refractivity contribution in [1.29, 1.82) is 0 Å². The van der Waals surface area contributed by atoms with E-state index in [9.17, 15) is 4.79 Å². The average Bonchev–Trinajstić information content (AvgIpc) is 3.28. The second kappa shape index (κ2) is 9.05. The Hall–Kier alpha value is -2.93. The third kappa shape index (κ3) is 5.12. The van der Waals surface area contributed by atoms with Crippen LogP contribution in [0.4, 0.5) is 17.5 Å². The van der Waals surface area contributed by atoms with Crippen molar-refractivity contribution in [3.05, 3.63) is 64.5 Å². The van der Waals surface area contributed by atoms with Crippen LogP contribution in [0.15, 0.2) is 54.0 Å². The van der Waals surface area contributed by atoms with E-state index >= 15 is 0 Å². The molecule has 7 heteroatoms. The average molecular weight is 408 g/mol. The van der Waals surface area contributed by atoms with Gasteiger partial charge in [-0.25, -0.2) is 4.98 Å². The van der Waals surface area contributed by atoms with Crippen molar-refractivity contribution in [3.63, 3.8) is 0 Å². The highest BCUT2D eigenvalue weighted by Crippen LogP contribution is 2.23. The van der Waals surface area contributed by atoms with E-state index in [0.29, 0.717) is 12.5 Å². The molecule has 0 aliphatic carbocycles. The molecule has 3 aromatic rings. The van der Waals surface area contributed by atoms with Crippen molar-refractivity contribution >= 4 is 34.7 Å². The van der Waals surface area contributed by atoms with Crippen molar-refractivity contribution in [3.8, 4) is 0 Å². The zero-order chi connectivity index (χ0) is 20.1. The number of rotatable bonds is 6. The quantitative estimate of drug-likeness (QED) is 0.643. The highest BCUT2D eigenvalue weighted by atomic mass is 32.1. The van der Waals surface area contributed by atoms with E-state index in [-0.39, 0.29) is 11.8 Å². The van der Waals surface area contributed by atoms with E-state index in [4.69, 9.17) is 0 Å². The molecule has 2 aromatic heterocycles. The molecule has 1 aromatic carbocycles. The lowest BCUT2D eigenvalue weighted by Gasteiger charge is -2.31. The number of piperidine rings is 1. The van der Waals surface area contributed by atoms with Crippen molar-refractivity contribution in [2.24, 2.45) is 5.92 Å². The third-order valence-corrected chi connectivity index (χ3v) is 6.01. The molecule has 150 valence electrons. The van der Waals surface area contributed by atoms with Gasteiger partial charge in [-0.3, -0.25) is 4.79 Å². The van der Waals surface area contributed by atoms with Gasteiger partial charge in [0, 0.05) is 35.8 Å². The fraction of sp³-hybridized carbons (Fsp3) is 0.318. The number of thiophene rings is 1. The van der Waals surface area contributed by atoms with Gasteiger partial charge in [-0.15, -0.1) is 11.3 Å². The fourth-order valence-corrected chi connectivity index (χ4v) is 4.07. The van der Waals surface area contributed by atoms with Gasteiger partial charge in [0.2, 0.25) is 11.9 Å². The molecule has 4 rings (SSSR count). The smallest absolute Gasteiger partial charge is 0.227 e. The molecular weight excluding hydrogens is 382 g/mol. The number of hydrogen-bond donors (Lipinski definition) is 2. The van der Waals surface area contributed by atoms with Gasteiger partial charge in [0.15, 0.2) is 0 Å². The Kier molecular flexibility index (Phi) is 6.05. The number of aromatic nitrogens is 2. The summed E-state index contributed by atoms with van der Waals surface area (Å²) < 4.78 is 0. The monoisotopic (exact) mass is 407 g/mol. The van der Waals surface area contributed by atoms with Crippen LogP contribution in [0.1, 0.15) is 23.3 Å². The van der Waals surface area contributed by atoms with Crippen LogP contribution < -0.4 is 15.5 Å². The van der Waals surface area contributed by atoms with Crippen LogP contribution in [0.3, 0.4) is 0 Å². The van der Waals surface area contributed by atoms with Crippen LogP contribution in [-0.4, -0.2) is 29.0 Å². The number of nitrogens with zero attached hydrogens (tertiary/aromatic N) is 3. The summed E-state index contributed by atoms with van der Waals surface area (Å²) in [6, 6.07) is 14.1. The zero-order valence-electron chi connectivity index (χ0n) is 16.5. The maximum absolute atomic E-state index is 12.5. The molecule has 0 unspecified atom stereocenters. The van der Waals surface area contributed by atoms with E-state index in [1.165, 1.54) is 10.4 Å². The molecule has 1 amide bonds. The van der Waals surface area contributed by atoms with Gasteiger partial charge in [-0.05, 0) is 49.4 Å². The summed E-state index contributed by atoms with van der Waals surface area (Å²) >= 11 is 1.67. The normalized spacial score (nSPS) is 14.6. The van der Waals surface area contributed by atoms with E-state index in [1.54, 1.807) is 17.5 Å². The number of carbonyl (C=O) groups is 1. The molecule has 1 aliphatic heterocycles. The fourth-order valence-electron chi connectivity index (χ4n) is 3.43. The predicted octanol–water partition coefficient (Wildman–Crippen LogP) is 4.12. The maximum atomic E-state index is 12.5. The molecular formula is C22H25N5OS. The summed E-state index contributed by atoms with van der Waals surface area (Å²) in [5.74, 6) is 1.68. The van der Waals surface area contributed by atoms with Gasteiger partial charge >= 0.3 is 0 Å². The summed E-state index contributed by atoms with van der Waals surface area (Å²) in [5, 5.41) is 8.42. The Morgan fingerprint density at radius 1 is 1.17 bits per heavy atom. The zero-order valence-corrected chi connectivity index (χ0v) is 17.3. The minimum atomic E-state index is 0.0556. The third-order valence-electron chi connectivity index (χ3n) is 5.13. The summed E-state index contributed by atoms with van der Waals surface area (Å²) in [6.07, 6.45) is 3.41. The second-order valence-corrected chi connectivity index (χ2v) is 8.32. The van der Waals surface area contributed by atoms with Gasteiger partial charge in [0.25, 0.3) is 0 Å². The molecule has 0 atom stereocenters. The standard InChI is InChI=1S/C22H25N5OS/c1-16-4-6-18(7-5-16)25-20-8-11-23-22(26-20)27-12-9-17(10-13-27)21(28)24-15-19-3-2-14-29-19/h2-8,11,14,17H,9-10,12-13,15H2,1H3,(H,24,28)(H,23,25,26). The van der Waals surface area contributed by atoms with Gasteiger partial charge in [-0.1, -0.05) is 23.8 Å². The van der Waals surface area contributed by atoms with Crippen molar-refractivity contribution < 1.29 is 4.79 Å². The van der Waals surface area contributed by atoms with Crippen LogP contribution in [0, 0.1) is 12.8 Å². The summed E-state index contributed by atoms with van der Waals surface area (Å²) in [6.45, 7) is 4.25. The van der Waals surface area contributed by atoms with Gasteiger partial charge < -0.3 is 15.5 Å². The van der Waals surface area contributed by atoms with Gasteiger partial charge in [0.05, 0.1) is 6.54 Å². The Morgan fingerprint density at radius 3 is 2.69 bits per heavy atom. The first-order chi connectivity index (χ1) is 14.2. The van der Waals surface area contributed by atoms with Crippen LogP contribution in [0.25, 0.3) is 0 Å². The lowest BCUT2D eigenvalue weighted by molar-refractivity contribution is -0.125. The molecule has 6 nitrogen and oxygen atoms in total. The molecule has 0 saturated carbocycles. The number of anilines is 3. The first-order valence-corrected chi connectivity index (χ1v) is 10.8. The highest BCUT2D eigenvalue weighted by molar-refractivity contribution is 7.09. The van der Waals surface area contributed by atoms with Crippen LogP contribution >= 0.6 is 11.3 Å². The van der Waals surface area contributed by atoms with Crippen LogP contribution in [0.5, 0.6) is 0 Å². The van der Waals surface area contributed by atoms with Crippen molar-refractivity contribution in [1.82, 2.24) is 15.3 Å². The molecule has 0 radical (unpaired) electrons.